The first kappa shape index (κ1) is 10.4. The van der Waals surface area contributed by atoms with Gasteiger partial charge in [0, 0.05) is 4.88 Å². The third-order valence-corrected chi connectivity index (χ3v) is 3.36. The zero-order chi connectivity index (χ0) is 10.7. The highest BCUT2D eigenvalue weighted by atomic mass is 79.9. The molecule has 0 radical (unpaired) electrons. The summed E-state index contributed by atoms with van der Waals surface area (Å²) in [7, 11) is 0. The fourth-order valence-corrected chi connectivity index (χ4v) is 2.20. The summed E-state index contributed by atoms with van der Waals surface area (Å²) in [4.78, 5) is 12.8. The van der Waals surface area contributed by atoms with E-state index in [0.29, 0.717) is 16.8 Å². The highest BCUT2D eigenvalue weighted by Crippen LogP contribution is 2.17. The lowest BCUT2D eigenvalue weighted by Crippen LogP contribution is -2.22. The maximum Gasteiger partial charge on any atom is 0.256 e. The molecule has 0 spiro atoms. The minimum atomic E-state index is -0.135. The van der Waals surface area contributed by atoms with Gasteiger partial charge >= 0.3 is 0 Å². The van der Waals surface area contributed by atoms with Gasteiger partial charge in [0.25, 0.3) is 5.91 Å². The van der Waals surface area contributed by atoms with E-state index in [0.717, 1.165) is 4.88 Å². The molecule has 2 aromatic heterocycles. The number of halogens is 1. The number of carbonyl (C=O) groups excluding carboxylic acids is 1. The molecule has 2 aromatic rings. The number of carbonyl (C=O) groups is 1. The second-order valence-corrected chi connectivity index (χ2v) is 4.62. The molecular weight excluding hydrogens is 278 g/mol. The molecule has 1 N–H and O–H groups in total. The van der Waals surface area contributed by atoms with E-state index >= 15 is 0 Å². The van der Waals surface area contributed by atoms with Gasteiger partial charge in [-0.25, -0.2) is 0 Å². The summed E-state index contributed by atoms with van der Waals surface area (Å²) in [5.74, 6) is -0.135. The molecule has 0 aliphatic carbocycles. The standard InChI is InChI=1S/C10H8BrNO2S/c11-9-8(3-4-14-9)10(13)12-6-7-2-1-5-15-7/h1-5H,6H2,(H,12,13). The van der Waals surface area contributed by atoms with Crippen LogP contribution in [-0.2, 0) is 6.54 Å². The average Bonchev–Trinajstić information content (AvgIpc) is 2.84. The van der Waals surface area contributed by atoms with Crippen LogP contribution in [0.4, 0.5) is 0 Å². The zero-order valence-electron chi connectivity index (χ0n) is 7.70. The zero-order valence-corrected chi connectivity index (χ0v) is 10.1. The first-order valence-electron chi connectivity index (χ1n) is 4.31. The Morgan fingerprint density at radius 2 is 2.40 bits per heavy atom. The lowest BCUT2D eigenvalue weighted by atomic mass is 10.3. The van der Waals surface area contributed by atoms with Crippen molar-refractivity contribution in [2.24, 2.45) is 0 Å². The van der Waals surface area contributed by atoms with Gasteiger partial charge in [-0.15, -0.1) is 11.3 Å². The summed E-state index contributed by atoms with van der Waals surface area (Å²) in [6, 6.07) is 5.57. The van der Waals surface area contributed by atoms with Crippen molar-refractivity contribution in [2.75, 3.05) is 0 Å². The number of hydrogen-bond donors (Lipinski definition) is 1. The fourth-order valence-electron chi connectivity index (χ4n) is 1.13. The maximum atomic E-state index is 11.6. The molecule has 2 rings (SSSR count). The SMILES string of the molecule is O=C(NCc1cccs1)c1ccoc1Br. The van der Waals surface area contributed by atoms with Crippen LogP contribution in [0.1, 0.15) is 15.2 Å². The van der Waals surface area contributed by atoms with Gasteiger partial charge in [0.2, 0.25) is 0 Å². The van der Waals surface area contributed by atoms with Gasteiger partial charge in [0.15, 0.2) is 4.67 Å². The molecule has 78 valence electrons. The first-order valence-corrected chi connectivity index (χ1v) is 5.98. The Balaban J connectivity index is 1.96. The largest absolute Gasteiger partial charge is 0.457 e. The van der Waals surface area contributed by atoms with Gasteiger partial charge in [-0.3, -0.25) is 4.79 Å². The Kier molecular flexibility index (Phi) is 3.23. The topological polar surface area (TPSA) is 42.2 Å². The Morgan fingerprint density at radius 1 is 1.53 bits per heavy atom. The van der Waals surface area contributed by atoms with E-state index in [1.807, 2.05) is 17.5 Å². The Hall–Kier alpha value is -1.07. The molecule has 0 saturated carbocycles. The minimum Gasteiger partial charge on any atom is -0.457 e. The summed E-state index contributed by atoms with van der Waals surface area (Å²) < 4.78 is 5.45. The van der Waals surface area contributed by atoms with E-state index in [4.69, 9.17) is 4.42 Å². The van der Waals surface area contributed by atoms with E-state index in [1.54, 1.807) is 17.4 Å². The highest BCUT2D eigenvalue weighted by Gasteiger charge is 2.11. The number of rotatable bonds is 3. The van der Waals surface area contributed by atoms with Crippen molar-refractivity contribution in [2.45, 2.75) is 6.54 Å². The predicted octanol–water partition coefficient (Wildman–Crippen LogP) is 3.03. The van der Waals surface area contributed by atoms with Crippen molar-refractivity contribution in [1.29, 1.82) is 0 Å². The molecule has 5 heteroatoms. The Bertz CT molecular complexity index is 450. The predicted molar refractivity (Wildman–Crippen MR) is 61.9 cm³/mol. The second kappa shape index (κ2) is 4.63. The van der Waals surface area contributed by atoms with Gasteiger partial charge in [0.1, 0.15) is 0 Å². The number of amides is 1. The summed E-state index contributed by atoms with van der Waals surface area (Å²) in [6.45, 7) is 0.550. The quantitative estimate of drug-likeness (QED) is 0.942. The normalized spacial score (nSPS) is 10.2. The number of nitrogens with one attached hydrogen (secondary N) is 1. The van der Waals surface area contributed by atoms with Crippen LogP contribution in [0.15, 0.2) is 38.9 Å². The van der Waals surface area contributed by atoms with Crippen LogP contribution in [0.25, 0.3) is 0 Å². The van der Waals surface area contributed by atoms with Crippen molar-refractivity contribution in [3.8, 4) is 0 Å². The molecule has 3 nitrogen and oxygen atoms in total. The second-order valence-electron chi connectivity index (χ2n) is 2.87. The summed E-state index contributed by atoms with van der Waals surface area (Å²) in [5.41, 5.74) is 0.520. The summed E-state index contributed by atoms with van der Waals surface area (Å²) in [6.07, 6.45) is 1.48. The van der Waals surface area contributed by atoms with Crippen molar-refractivity contribution in [3.05, 3.63) is 45.0 Å². The third-order valence-electron chi connectivity index (χ3n) is 1.87. The number of thiophene rings is 1. The molecule has 0 saturated heterocycles. The van der Waals surface area contributed by atoms with Crippen LogP contribution < -0.4 is 5.32 Å². The van der Waals surface area contributed by atoms with Crippen LogP contribution in [0.5, 0.6) is 0 Å². The van der Waals surface area contributed by atoms with Gasteiger partial charge in [-0.05, 0) is 33.4 Å². The molecule has 15 heavy (non-hydrogen) atoms. The van der Waals surface area contributed by atoms with E-state index in [-0.39, 0.29) is 5.91 Å². The monoisotopic (exact) mass is 285 g/mol. The average molecular weight is 286 g/mol. The first-order chi connectivity index (χ1) is 7.27. The molecule has 0 aliphatic heterocycles. The smallest absolute Gasteiger partial charge is 0.256 e. The van der Waals surface area contributed by atoms with Gasteiger partial charge in [-0.1, -0.05) is 6.07 Å². The van der Waals surface area contributed by atoms with Crippen molar-refractivity contribution < 1.29 is 9.21 Å². The summed E-state index contributed by atoms with van der Waals surface area (Å²) in [5, 5.41) is 4.79. The van der Waals surface area contributed by atoms with E-state index in [1.165, 1.54) is 6.26 Å². The van der Waals surface area contributed by atoms with Crippen LogP contribution in [0, 0.1) is 0 Å². The lowest BCUT2D eigenvalue weighted by molar-refractivity contribution is 0.0949. The minimum absolute atomic E-state index is 0.135. The van der Waals surface area contributed by atoms with Gasteiger partial charge in [0.05, 0.1) is 18.4 Å². The molecule has 0 fully saturated rings. The van der Waals surface area contributed by atoms with Crippen LogP contribution in [0.2, 0.25) is 0 Å². The Morgan fingerprint density at radius 3 is 3.00 bits per heavy atom. The molecule has 0 bridgehead atoms. The Labute approximate surface area is 99.2 Å². The molecule has 0 atom stereocenters. The lowest BCUT2D eigenvalue weighted by Gasteiger charge is -2.01. The van der Waals surface area contributed by atoms with Crippen LogP contribution in [-0.4, -0.2) is 5.91 Å². The van der Waals surface area contributed by atoms with E-state index in [2.05, 4.69) is 21.2 Å². The van der Waals surface area contributed by atoms with Crippen molar-refractivity contribution in [3.63, 3.8) is 0 Å². The number of furan rings is 1. The van der Waals surface area contributed by atoms with E-state index < -0.39 is 0 Å². The van der Waals surface area contributed by atoms with Crippen molar-refractivity contribution >= 4 is 33.2 Å². The number of hydrogen-bond acceptors (Lipinski definition) is 3. The maximum absolute atomic E-state index is 11.6. The van der Waals surface area contributed by atoms with Crippen molar-refractivity contribution in [1.82, 2.24) is 5.32 Å². The molecule has 0 aromatic carbocycles. The van der Waals surface area contributed by atoms with Crippen LogP contribution >= 0.6 is 27.3 Å². The molecule has 1 amide bonds. The van der Waals surface area contributed by atoms with E-state index in [9.17, 15) is 4.79 Å². The van der Waals surface area contributed by atoms with Gasteiger partial charge in [-0.2, -0.15) is 0 Å². The molecule has 0 aliphatic rings. The molecule has 2 heterocycles. The summed E-state index contributed by atoms with van der Waals surface area (Å²) >= 11 is 4.78. The van der Waals surface area contributed by atoms with Crippen LogP contribution in [0.3, 0.4) is 0 Å². The fraction of sp³-hybridized carbons (Fsp3) is 0.100. The van der Waals surface area contributed by atoms with Gasteiger partial charge < -0.3 is 9.73 Å². The molecular formula is C10H8BrNO2S. The highest BCUT2D eigenvalue weighted by molar-refractivity contribution is 9.10. The molecule has 0 unspecified atom stereocenters. The third kappa shape index (κ3) is 2.49.